The fourth-order valence-electron chi connectivity index (χ4n) is 4.21. The smallest absolute Gasteiger partial charge is 0.245 e. The lowest BCUT2D eigenvalue weighted by Gasteiger charge is -2.25. The topological polar surface area (TPSA) is 101 Å². The maximum Gasteiger partial charge on any atom is 0.245 e. The van der Waals surface area contributed by atoms with Gasteiger partial charge in [-0.1, -0.05) is 23.7 Å². The van der Waals surface area contributed by atoms with Crippen molar-refractivity contribution < 1.29 is 13.9 Å². The summed E-state index contributed by atoms with van der Waals surface area (Å²) in [7, 11) is 0. The van der Waals surface area contributed by atoms with Crippen molar-refractivity contribution in [2.75, 3.05) is 36.5 Å². The Morgan fingerprint density at radius 1 is 1.05 bits per heavy atom. The second kappa shape index (κ2) is 10.6. The molecule has 0 bridgehead atoms. The third kappa shape index (κ3) is 5.22. The van der Waals surface area contributed by atoms with E-state index in [-0.39, 0.29) is 12.4 Å². The van der Waals surface area contributed by atoms with E-state index in [0.29, 0.717) is 41.6 Å². The largest absolute Gasteiger partial charge is 0.487 e. The van der Waals surface area contributed by atoms with Crippen LogP contribution in [0.4, 0.5) is 21.8 Å². The molecule has 3 aromatic carbocycles. The van der Waals surface area contributed by atoms with Gasteiger partial charge < -0.3 is 19.7 Å². The van der Waals surface area contributed by atoms with Gasteiger partial charge in [-0.25, -0.2) is 14.4 Å². The fraction of sp³-hybridized carbons (Fsp3) is 0.185. The Balaban J connectivity index is 1.21. The van der Waals surface area contributed by atoms with Gasteiger partial charge in [-0.2, -0.15) is 4.98 Å². The summed E-state index contributed by atoms with van der Waals surface area (Å²) in [6.07, 6.45) is 1.51. The molecule has 2 aromatic heterocycles. The van der Waals surface area contributed by atoms with Crippen molar-refractivity contribution in [2.24, 2.45) is 0 Å². The molecule has 5 aromatic rings. The van der Waals surface area contributed by atoms with Gasteiger partial charge in [-0.15, -0.1) is 5.10 Å². The highest BCUT2D eigenvalue weighted by molar-refractivity contribution is 6.32. The van der Waals surface area contributed by atoms with E-state index < -0.39 is 0 Å². The summed E-state index contributed by atoms with van der Waals surface area (Å²) in [5, 5.41) is 12.0. The molecule has 3 heterocycles. The van der Waals surface area contributed by atoms with Crippen molar-refractivity contribution in [3.8, 4) is 17.1 Å². The maximum atomic E-state index is 13.4. The van der Waals surface area contributed by atoms with E-state index in [1.807, 2.05) is 24.3 Å². The van der Waals surface area contributed by atoms with E-state index in [4.69, 9.17) is 21.1 Å². The van der Waals surface area contributed by atoms with Crippen LogP contribution in [0.1, 0.15) is 5.56 Å². The number of rotatable bonds is 7. The van der Waals surface area contributed by atoms with Crippen LogP contribution in [0.15, 0.2) is 67.0 Å². The highest BCUT2D eigenvalue weighted by Crippen LogP contribution is 2.32. The van der Waals surface area contributed by atoms with Gasteiger partial charge in [-0.3, -0.25) is 5.10 Å². The van der Waals surface area contributed by atoms with E-state index >= 15 is 0 Å². The predicted octanol–water partition coefficient (Wildman–Crippen LogP) is 5.37. The molecule has 0 aliphatic carbocycles. The Morgan fingerprint density at radius 2 is 1.95 bits per heavy atom. The molecule has 11 heteroatoms. The molecule has 0 atom stereocenters. The molecular formula is C27H23ClFN7O2. The lowest BCUT2D eigenvalue weighted by molar-refractivity contribution is 0.122. The average Bonchev–Trinajstić information content (AvgIpc) is 3.44. The van der Waals surface area contributed by atoms with Crippen LogP contribution in [-0.4, -0.2) is 51.5 Å². The lowest BCUT2D eigenvalue weighted by atomic mass is 10.1. The number of nitrogens with one attached hydrogen (secondary N) is 2. The molecule has 1 aliphatic rings. The molecule has 0 spiro atoms. The quantitative estimate of drug-likeness (QED) is 0.289. The Morgan fingerprint density at radius 3 is 2.79 bits per heavy atom. The molecule has 0 saturated carbocycles. The third-order valence-electron chi connectivity index (χ3n) is 6.15. The molecule has 1 aliphatic heterocycles. The first kappa shape index (κ1) is 24.1. The van der Waals surface area contributed by atoms with E-state index in [1.165, 1.54) is 18.5 Å². The van der Waals surface area contributed by atoms with Gasteiger partial charge >= 0.3 is 0 Å². The minimum atomic E-state index is -0.308. The van der Waals surface area contributed by atoms with E-state index in [2.05, 4.69) is 35.4 Å². The molecular weight excluding hydrogens is 509 g/mol. The number of fused-ring (bicyclic) bond motifs is 1. The number of ether oxygens (including phenoxy) is 2. The number of aromatic nitrogens is 5. The summed E-state index contributed by atoms with van der Waals surface area (Å²) in [5.41, 5.74) is 3.09. The second-order valence-corrected chi connectivity index (χ2v) is 9.13. The molecule has 0 unspecified atom stereocenters. The van der Waals surface area contributed by atoms with Crippen molar-refractivity contribution in [3.63, 3.8) is 0 Å². The molecule has 1 fully saturated rings. The Labute approximate surface area is 222 Å². The van der Waals surface area contributed by atoms with Crippen LogP contribution in [0.5, 0.6) is 5.75 Å². The highest BCUT2D eigenvalue weighted by Gasteiger charge is 2.17. The van der Waals surface area contributed by atoms with Crippen LogP contribution in [0.2, 0.25) is 5.02 Å². The van der Waals surface area contributed by atoms with Crippen molar-refractivity contribution in [3.05, 3.63) is 83.4 Å². The number of aromatic amines is 1. The Bertz CT molecular complexity index is 1590. The van der Waals surface area contributed by atoms with Gasteiger partial charge in [-0.05, 0) is 54.1 Å². The molecule has 2 N–H and O–H groups in total. The van der Waals surface area contributed by atoms with Crippen LogP contribution in [-0.2, 0) is 11.3 Å². The van der Waals surface area contributed by atoms with Crippen molar-refractivity contribution in [1.82, 2.24) is 25.1 Å². The van der Waals surface area contributed by atoms with Crippen molar-refractivity contribution in [1.29, 1.82) is 0 Å². The van der Waals surface area contributed by atoms with E-state index in [9.17, 15) is 4.39 Å². The molecule has 0 amide bonds. The van der Waals surface area contributed by atoms with Gasteiger partial charge in [0.25, 0.3) is 0 Å². The van der Waals surface area contributed by atoms with Gasteiger partial charge in [0, 0.05) is 29.7 Å². The standard InChI is InChI=1S/C27H23ClFN7O2/c28-22-14-20(5-7-24(22)38-15-17-2-1-3-19(29)12-17)32-26-21-13-18(4-6-23(21)30-16-31-26)25-33-27(35-34-25)36-8-10-37-11-9-36/h1-7,12-14,16H,8-11,15H2,(H,30,31,32)(H,33,34,35). The summed E-state index contributed by atoms with van der Waals surface area (Å²) < 4.78 is 24.6. The minimum Gasteiger partial charge on any atom is -0.487 e. The first-order valence-corrected chi connectivity index (χ1v) is 12.4. The summed E-state index contributed by atoms with van der Waals surface area (Å²) in [6, 6.07) is 17.5. The number of H-pyrrole nitrogens is 1. The number of morpholine rings is 1. The first-order valence-electron chi connectivity index (χ1n) is 12.1. The number of benzene rings is 3. The SMILES string of the molecule is Fc1cccc(COc2ccc(Nc3ncnc4ccc(-c5nc(N6CCOCC6)n[nH]5)cc34)cc2Cl)c1. The van der Waals surface area contributed by atoms with E-state index in [0.717, 1.165) is 40.8 Å². The van der Waals surface area contributed by atoms with Gasteiger partial charge in [0.2, 0.25) is 5.95 Å². The number of hydrogen-bond donors (Lipinski definition) is 2. The van der Waals surface area contributed by atoms with Gasteiger partial charge in [0.15, 0.2) is 5.82 Å². The monoisotopic (exact) mass is 531 g/mol. The van der Waals surface area contributed by atoms with Gasteiger partial charge in [0.05, 0.1) is 23.8 Å². The first-order chi connectivity index (χ1) is 18.6. The molecule has 38 heavy (non-hydrogen) atoms. The van der Waals surface area contributed by atoms with Crippen LogP contribution in [0.3, 0.4) is 0 Å². The van der Waals surface area contributed by atoms with Crippen LogP contribution in [0.25, 0.3) is 22.3 Å². The second-order valence-electron chi connectivity index (χ2n) is 8.73. The Hall–Kier alpha value is -4.28. The zero-order valence-corrected chi connectivity index (χ0v) is 21.0. The number of halogens is 2. The highest BCUT2D eigenvalue weighted by atomic mass is 35.5. The van der Waals surface area contributed by atoms with Crippen LogP contribution >= 0.6 is 11.6 Å². The zero-order valence-electron chi connectivity index (χ0n) is 20.2. The summed E-state index contributed by atoms with van der Waals surface area (Å²) >= 11 is 6.48. The van der Waals surface area contributed by atoms with Crippen molar-refractivity contribution in [2.45, 2.75) is 6.61 Å². The van der Waals surface area contributed by atoms with Crippen molar-refractivity contribution >= 4 is 40.0 Å². The maximum absolute atomic E-state index is 13.4. The Kier molecular flexibility index (Phi) is 6.72. The molecule has 0 radical (unpaired) electrons. The van der Waals surface area contributed by atoms with Gasteiger partial charge in [0.1, 0.15) is 30.3 Å². The number of nitrogens with zero attached hydrogens (tertiary/aromatic N) is 5. The predicted molar refractivity (Wildman–Crippen MR) is 143 cm³/mol. The molecule has 1 saturated heterocycles. The zero-order chi connectivity index (χ0) is 25.9. The molecule has 192 valence electrons. The van der Waals surface area contributed by atoms with Crippen LogP contribution < -0.4 is 15.0 Å². The normalized spacial score (nSPS) is 13.6. The molecule has 9 nitrogen and oxygen atoms in total. The van der Waals surface area contributed by atoms with Crippen LogP contribution in [0, 0.1) is 5.82 Å². The third-order valence-corrected chi connectivity index (χ3v) is 6.45. The summed E-state index contributed by atoms with van der Waals surface area (Å²) in [6.45, 7) is 3.05. The summed E-state index contributed by atoms with van der Waals surface area (Å²) in [5.74, 6) is 2.12. The lowest BCUT2D eigenvalue weighted by Crippen LogP contribution is -2.36. The van der Waals surface area contributed by atoms with E-state index in [1.54, 1.807) is 24.3 Å². The minimum absolute atomic E-state index is 0.207. The summed E-state index contributed by atoms with van der Waals surface area (Å²) in [4.78, 5) is 15.6. The number of hydrogen-bond acceptors (Lipinski definition) is 8. The average molecular weight is 532 g/mol. The fourth-order valence-corrected chi connectivity index (χ4v) is 4.45. The molecule has 6 rings (SSSR count). The number of anilines is 3.